The van der Waals surface area contributed by atoms with E-state index in [1.807, 2.05) is 0 Å². The molecule has 0 radical (unpaired) electrons. The normalized spacial score (nSPS) is 18.8. The van der Waals surface area contributed by atoms with Crippen LogP contribution in [-0.2, 0) is 13.1 Å². The van der Waals surface area contributed by atoms with Crippen LogP contribution in [-0.4, -0.2) is 38.8 Å². The fourth-order valence-electron chi connectivity index (χ4n) is 2.28. The van der Waals surface area contributed by atoms with Crippen LogP contribution >= 0.6 is 0 Å². The van der Waals surface area contributed by atoms with Gasteiger partial charge in [-0.1, -0.05) is 13.8 Å². The molecule has 1 aromatic heterocycles. The highest BCUT2D eigenvalue weighted by atomic mass is 15.3. The van der Waals surface area contributed by atoms with E-state index in [0.29, 0.717) is 5.92 Å². The van der Waals surface area contributed by atoms with Gasteiger partial charge in [0.05, 0.1) is 6.54 Å². The number of hydrogen-bond acceptors (Lipinski definition) is 4. The Morgan fingerprint density at radius 3 is 3.00 bits per heavy atom. The Labute approximate surface area is 96.6 Å². The Hall–Kier alpha value is -0.940. The molecule has 1 atom stereocenters. The summed E-state index contributed by atoms with van der Waals surface area (Å²) in [6.45, 7) is 8.31. The summed E-state index contributed by atoms with van der Waals surface area (Å²) in [6, 6.07) is 0.273. The molecule has 5 nitrogen and oxygen atoms in total. The lowest BCUT2D eigenvalue weighted by atomic mass is 10.0. The van der Waals surface area contributed by atoms with Crippen LogP contribution < -0.4 is 5.73 Å². The first-order valence-electron chi connectivity index (χ1n) is 5.99. The maximum Gasteiger partial charge on any atom is 0.147 e. The topological polar surface area (TPSA) is 60.0 Å². The van der Waals surface area contributed by atoms with Crippen LogP contribution in [0.1, 0.15) is 26.1 Å². The summed E-state index contributed by atoms with van der Waals surface area (Å²) in [6.07, 6.45) is 2.89. The van der Waals surface area contributed by atoms with Gasteiger partial charge in [-0.05, 0) is 12.3 Å². The fraction of sp³-hybridized carbons (Fsp3) is 0.818. The first kappa shape index (κ1) is 11.5. The van der Waals surface area contributed by atoms with E-state index in [0.717, 1.165) is 38.4 Å². The molecule has 0 bridgehead atoms. The fourth-order valence-corrected chi connectivity index (χ4v) is 2.28. The molecule has 1 aromatic rings. The molecular weight excluding hydrogens is 202 g/mol. The van der Waals surface area contributed by atoms with E-state index in [9.17, 15) is 0 Å². The second-order valence-electron chi connectivity index (χ2n) is 5.07. The Morgan fingerprint density at radius 2 is 2.25 bits per heavy atom. The number of nitrogens with two attached hydrogens (primary N) is 1. The van der Waals surface area contributed by atoms with Gasteiger partial charge in [-0.25, -0.2) is 0 Å². The van der Waals surface area contributed by atoms with Crippen molar-refractivity contribution < 1.29 is 0 Å². The summed E-state index contributed by atoms with van der Waals surface area (Å²) in [4.78, 5) is 2.37. The largest absolute Gasteiger partial charge is 0.327 e. The van der Waals surface area contributed by atoms with Crippen molar-refractivity contribution in [2.75, 3.05) is 13.1 Å². The smallest absolute Gasteiger partial charge is 0.147 e. The molecule has 0 fully saturated rings. The molecule has 0 aromatic carbocycles. The molecule has 90 valence electrons. The lowest BCUT2D eigenvalue weighted by molar-refractivity contribution is 0.198. The number of nitrogens with zero attached hydrogens (tertiary/aromatic N) is 4. The Balaban J connectivity index is 1.85. The van der Waals surface area contributed by atoms with Gasteiger partial charge in [-0.15, -0.1) is 10.2 Å². The van der Waals surface area contributed by atoms with E-state index in [4.69, 9.17) is 5.73 Å². The van der Waals surface area contributed by atoms with E-state index in [-0.39, 0.29) is 6.04 Å². The molecule has 1 unspecified atom stereocenters. The molecule has 1 aliphatic heterocycles. The average Bonchev–Trinajstić information content (AvgIpc) is 2.63. The van der Waals surface area contributed by atoms with Crippen LogP contribution in [0.15, 0.2) is 6.33 Å². The van der Waals surface area contributed by atoms with Gasteiger partial charge in [0.15, 0.2) is 0 Å². The summed E-state index contributed by atoms with van der Waals surface area (Å²) in [5.74, 6) is 1.73. The average molecular weight is 223 g/mol. The van der Waals surface area contributed by atoms with Crippen molar-refractivity contribution >= 4 is 0 Å². The minimum Gasteiger partial charge on any atom is -0.327 e. The van der Waals surface area contributed by atoms with Gasteiger partial charge in [0, 0.05) is 25.7 Å². The number of aromatic nitrogens is 3. The first-order chi connectivity index (χ1) is 7.65. The maximum atomic E-state index is 6.12. The van der Waals surface area contributed by atoms with E-state index in [2.05, 4.69) is 33.5 Å². The van der Waals surface area contributed by atoms with Gasteiger partial charge in [0.25, 0.3) is 0 Å². The van der Waals surface area contributed by atoms with Gasteiger partial charge in [-0.2, -0.15) is 0 Å². The minimum atomic E-state index is 0.273. The van der Waals surface area contributed by atoms with Gasteiger partial charge < -0.3 is 10.3 Å². The third-order valence-corrected chi connectivity index (χ3v) is 2.98. The quantitative estimate of drug-likeness (QED) is 0.806. The van der Waals surface area contributed by atoms with E-state index in [1.54, 1.807) is 6.33 Å². The molecule has 0 saturated carbocycles. The van der Waals surface area contributed by atoms with Gasteiger partial charge in [-0.3, -0.25) is 4.90 Å². The number of rotatable bonds is 4. The molecule has 0 saturated heterocycles. The van der Waals surface area contributed by atoms with Crippen LogP contribution in [0.25, 0.3) is 0 Å². The zero-order chi connectivity index (χ0) is 11.5. The van der Waals surface area contributed by atoms with Crippen molar-refractivity contribution in [2.45, 2.75) is 39.4 Å². The molecule has 0 aliphatic carbocycles. The standard InChI is InChI=1S/C11H21N5/c1-9(2)5-10(12)6-15-3-4-16-8-13-14-11(16)7-15/h8-10H,3-7,12H2,1-2H3. The zero-order valence-corrected chi connectivity index (χ0v) is 10.1. The Bertz CT molecular complexity index is 333. The molecule has 5 heteroatoms. The molecular formula is C11H21N5. The third kappa shape index (κ3) is 2.80. The molecule has 1 aliphatic rings. The highest BCUT2D eigenvalue weighted by Gasteiger charge is 2.19. The molecule has 2 heterocycles. The van der Waals surface area contributed by atoms with Crippen molar-refractivity contribution in [3.8, 4) is 0 Å². The predicted molar refractivity (Wildman–Crippen MR) is 62.7 cm³/mol. The van der Waals surface area contributed by atoms with Crippen molar-refractivity contribution in [1.29, 1.82) is 0 Å². The Morgan fingerprint density at radius 1 is 1.44 bits per heavy atom. The van der Waals surface area contributed by atoms with Crippen molar-refractivity contribution in [2.24, 2.45) is 11.7 Å². The third-order valence-electron chi connectivity index (χ3n) is 2.98. The molecule has 0 amide bonds. The van der Waals surface area contributed by atoms with Gasteiger partial charge in [0.1, 0.15) is 12.2 Å². The predicted octanol–water partition coefficient (Wildman–Crippen LogP) is 0.467. The van der Waals surface area contributed by atoms with Gasteiger partial charge >= 0.3 is 0 Å². The van der Waals surface area contributed by atoms with E-state index < -0.39 is 0 Å². The zero-order valence-electron chi connectivity index (χ0n) is 10.1. The molecule has 0 spiro atoms. The van der Waals surface area contributed by atoms with Gasteiger partial charge in [0.2, 0.25) is 0 Å². The minimum absolute atomic E-state index is 0.273. The van der Waals surface area contributed by atoms with Crippen LogP contribution in [0.2, 0.25) is 0 Å². The van der Waals surface area contributed by atoms with Crippen LogP contribution in [0.5, 0.6) is 0 Å². The summed E-state index contributed by atoms with van der Waals surface area (Å²) >= 11 is 0. The summed E-state index contributed by atoms with van der Waals surface area (Å²) in [5, 5.41) is 8.03. The molecule has 16 heavy (non-hydrogen) atoms. The summed E-state index contributed by atoms with van der Waals surface area (Å²) < 4.78 is 2.12. The Kier molecular flexibility index (Phi) is 3.56. The first-order valence-corrected chi connectivity index (χ1v) is 5.99. The number of fused-ring (bicyclic) bond motifs is 1. The molecule has 2 N–H and O–H groups in total. The maximum absolute atomic E-state index is 6.12. The highest BCUT2D eigenvalue weighted by molar-refractivity contribution is 4.90. The second kappa shape index (κ2) is 4.93. The van der Waals surface area contributed by atoms with Crippen molar-refractivity contribution in [1.82, 2.24) is 19.7 Å². The van der Waals surface area contributed by atoms with Crippen molar-refractivity contribution in [3.05, 3.63) is 12.2 Å². The van der Waals surface area contributed by atoms with E-state index in [1.165, 1.54) is 0 Å². The summed E-state index contributed by atoms with van der Waals surface area (Å²) in [5.41, 5.74) is 6.12. The van der Waals surface area contributed by atoms with Crippen LogP contribution in [0, 0.1) is 5.92 Å². The molecule has 2 rings (SSSR count). The second-order valence-corrected chi connectivity index (χ2v) is 5.07. The summed E-state index contributed by atoms with van der Waals surface area (Å²) in [7, 11) is 0. The van der Waals surface area contributed by atoms with E-state index >= 15 is 0 Å². The SMILES string of the molecule is CC(C)CC(N)CN1CCn2cnnc2C1. The van der Waals surface area contributed by atoms with Crippen LogP contribution in [0.4, 0.5) is 0 Å². The lowest BCUT2D eigenvalue weighted by Gasteiger charge is -2.29. The van der Waals surface area contributed by atoms with Crippen molar-refractivity contribution in [3.63, 3.8) is 0 Å². The van der Waals surface area contributed by atoms with Crippen LogP contribution in [0.3, 0.4) is 0 Å². The highest BCUT2D eigenvalue weighted by Crippen LogP contribution is 2.11. The lowest BCUT2D eigenvalue weighted by Crippen LogP contribution is -2.42. The number of hydrogen-bond donors (Lipinski definition) is 1. The monoisotopic (exact) mass is 223 g/mol.